The van der Waals surface area contributed by atoms with E-state index in [2.05, 4.69) is 29.6 Å². The topological polar surface area (TPSA) is 67.0 Å². The second-order valence-electron chi connectivity index (χ2n) is 7.31. The Bertz CT molecular complexity index is 1020. The maximum Gasteiger partial charge on any atom is 0.349 e. The highest BCUT2D eigenvalue weighted by Gasteiger charge is 2.21. The highest BCUT2D eigenvalue weighted by molar-refractivity contribution is 5.96. The lowest BCUT2D eigenvalue weighted by atomic mass is 10.0. The summed E-state index contributed by atoms with van der Waals surface area (Å²) >= 11 is 0. The molecule has 0 bridgehead atoms. The Balaban J connectivity index is 1.77. The van der Waals surface area contributed by atoms with Crippen LogP contribution >= 0.6 is 0 Å². The number of quaternary nitrogens is 1. The SMILES string of the molecule is CN(C)c1ccc([C@@H](CNC(=O)c2cc3ccccc3oc2=O)[NH+](C)C)cc1. The first-order valence-corrected chi connectivity index (χ1v) is 9.25. The van der Waals surface area contributed by atoms with Crippen molar-refractivity contribution in [3.05, 3.63) is 76.1 Å². The first kappa shape index (κ1) is 19.6. The highest BCUT2D eigenvalue weighted by Crippen LogP contribution is 2.16. The molecule has 0 fully saturated rings. The molecule has 146 valence electrons. The van der Waals surface area contributed by atoms with Crippen LogP contribution in [-0.2, 0) is 0 Å². The summed E-state index contributed by atoms with van der Waals surface area (Å²) in [5.74, 6) is -0.421. The highest BCUT2D eigenvalue weighted by atomic mass is 16.4. The standard InChI is InChI=1S/C22H25N3O3/c1-24(2)17-11-9-15(10-12-17)19(25(3)4)14-23-21(26)18-13-16-7-5-6-8-20(16)28-22(18)27/h5-13,19H,14H2,1-4H3,(H,23,26)/p+1/t19-/m1/s1. The fourth-order valence-electron chi connectivity index (χ4n) is 3.17. The lowest BCUT2D eigenvalue weighted by molar-refractivity contribution is -0.890. The van der Waals surface area contributed by atoms with E-state index in [-0.39, 0.29) is 11.6 Å². The number of fused-ring (bicyclic) bond motifs is 1. The van der Waals surface area contributed by atoms with Crippen LogP contribution in [0.25, 0.3) is 11.0 Å². The molecule has 0 saturated heterocycles. The summed E-state index contributed by atoms with van der Waals surface area (Å²) in [6.07, 6.45) is 0. The van der Waals surface area contributed by atoms with E-state index in [1.807, 2.05) is 45.2 Å². The van der Waals surface area contributed by atoms with Gasteiger partial charge in [0.2, 0.25) is 0 Å². The van der Waals surface area contributed by atoms with Gasteiger partial charge in [-0.05, 0) is 24.3 Å². The number of likely N-dealkylation sites (N-methyl/N-ethyl adjacent to an activating group) is 1. The molecule has 3 aromatic rings. The molecule has 1 aromatic heterocycles. The number of para-hydroxylation sites is 1. The lowest BCUT2D eigenvalue weighted by Crippen LogP contribution is -3.07. The summed E-state index contributed by atoms with van der Waals surface area (Å²) in [6, 6.07) is 17.1. The minimum Gasteiger partial charge on any atom is -0.422 e. The number of anilines is 1. The summed E-state index contributed by atoms with van der Waals surface area (Å²) in [4.78, 5) is 28.0. The van der Waals surface area contributed by atoms with Crippen molar-refractivity contribution < 1.29 is 14.1 Å². The van der Waals surface area contributed by atoms with Crippen molar-refractivity contribution in [3.8, 4) is 0 Å². The molecule has 6 nitrogen and oxygen atoms in total. The monoisotopic (exact) mass is 380 g/mol. The van der Waals surface area contributed by atoms with E-state index in [1.165, 1.54) is 4.90 Å². The fourth-order valence-corrected chi connectivity index (χ4v) is 3.17. The number of benzene rings is 2. The number of hydrogen-bond donors (Lipinski definition) is 2. The van der Waals surface area contributed by atoms with Gasteiger partial charge in [0.15, 0.2) is 0 Å². The number of nitrogens with one attached hydrogen (secondary N) is 2. The Morgan fingerprint density at radius 2 is 1.79 bits per heavy atom. The Hall–Kier alpha value is -3.12. The molecule has 0 spiro atoms. The molecule has 0 radical (unpaired) electrons. The molecule has 2 aromatic carbocycles. The number of nitrogens with zero attached hydrogens (tertiary/aromatic N) is 1. The van der Waals surface area contributed by atoms with Crippen LogP contribution in [0.4, 0.5) is 5.69 Å². The summed E-state index contributed by atoms with van der Waals surface area (Å²) in [6.45, 7) is 0.411. The van der Waals surface area contributed by atoms with E-state index in [0.29, 0.717) is 12.1 Å². The zero-order valence-electron chi connectivity index (χ0n) is 16.7. The molecular weight excluding hydrogens is 354 g/mol. The molecule has 2 N–H and O–H groups in total. The molecule has 1 atom stereocenters. The Morgan fingerprint density at radius 3 is 2.43 bits per heavy atom. The molecule has 28 heavy (non-hydrogen) atoms. The first-order valence-electron chi connectivity index (χ1n) is 9.25. The van der Waals surface area contributed by atoms with E-state index < -0.39 is 11.5 Å². The third-order valence-electron chi connectivity index (χ3n) is 4.86. The van der Waals surface area contributed by atoms with Gasteiger partial charge >= 0.3 is 5.63 Å². The van der Waals surface area contributed by atoms with E-state index in [0.717, 1.165) is 16.6 Å². The van der Waals surface area contributed by atoms with Crippen LogP contribution in [0.2, 0.25) is 0 Å². The zero-order chi connectivity index (χ0) is 20.3. The minimum absolute atomic E-state index is 0.0224. The number of hydrogen-bond acceptors (Lipinski definition) is 4. The number of carbonyl (C=O) groups is 1. The summed E-state index contributed by atoms with van der Waals surface area (Å²) in [5.41, 5.74) is 2.11. The van der Waals surface area contributed by atoms with Gasteiger partial charge in [0.25, 0.3) is 5.91 Å². The van der Waals surface area contributed by atoms with Crippen molar-refractivity contribution in [1.82, 2.24) is 5.32 Å². The van der Waals surface area contributed by atoms with Gasteiger partial charge in [0, 0.05) is 30.7 Å². The normalized spacial score (nSPS) is 12.2. The maximum atomic E-state index is 12.6. The summed E-state index contributed by atoms with van der Waals surface area (Å²) in [5, 5.41) is 3.62. The van der Waals surface area contributed by atoms with Crippen molar-refractivity contribution >= 4 is 22.6 Å². The largest absolute Gasteiger partial charge is 0.422 e. The lowest BCUT2D eigenvalue weighted by Gasteiger charge is -2.23. The van der Waals surface area contributed by atoms with Crippen LogP contribution in [0.3, 0.4) is 0 Å². The fraction of sp³-hybridized carbons (Fsp3) is 0.273. The van der Waals surface area contributed by atoms with E-state index in [9.17, 15) is 9.59 Å². The Morgan fingerprint density at radius 1 is 1.11 bits per heavy atom. The predicted octanol–water partition coefficient (Wildman–Crippen LogP) is 1.47. The van der Waals surface area contributed by atoms with Gasteiger partial charge in [0.1, 0.15) is 17.2 Å². The Labute approximate surface area is 164 Å². The molecule has 0 aliphatic rings. The van der Waals surface area contributed by atoms with E-state index in [1.54, 1.807) is 18.2 Å². The number of carbonyl (C=O) groups excluding carboxylic acids is 1. The summed E-state index contributed by atoms with van der Waals surface area (Å²) < 4.78 is 5.26. The van der Waals surface area contributed by atoms with Crippen molar-refractivity contribution in [2.75, 3.05) is 39.6 Å². The minimum atomic E-state index is -0.625. The van der Waals surface area contributed by atoms with E-state index >= 15 is 0 Å². The van der Waals surface area contributed by atoms with Crippen LogP contribution in [-0.4, -0.2) is 40.6 Å². The average molecular weight is 380 g/mol. The molecule has 0 unspecified atom stereocenters. The molecule has 1 amide bonds. The van der Waals surface area contributed by atoms with Gasteiger partial charge in [-0.3, -0.25) is 4.79 Å². The van der Waals surface area contributed by atoms with Crippen LogP contribution in [0.5, 0.6) is 0 Å². The molecule has 0 aliphatic heterocycles. The van der Waals surface area contributed by atoms with Crippen LogP contribution in [0.1, 0.15) is 22.0 Å². The van der Waals surface area contributed by atoms with Crippen LogP contribution in [0, 0.1) is 0 Å². The predicted molar refractivity (Wildman–Crippen MR) is 111 cm³/mol. The number of amides is 1. The van der Waals surface area contributed by atoms with Crippen molar-refractivity contribution in [2.45, 2.75) is 6.04 Å². The zero-order valence-corrected chi connectivity index (χ0v) is 16.7. The van der Waals surface area contributed by atoms with Crippen molar-refractivity contribution in [1.29, 1.82) is 0 Å². The molecular formula is C22H26N3O3+. The maximum absolute atomic E-state index is 12.6. The molecule has 3 rings (SSSR count). The third-order valence-corrected chi connectivity index (χ3v) is 4.86. The summed E-state index contributed by atoms with van der Waals surface area (Å²) in [7, 11) is 8.08. The van der Waals surface area contributed by atoms with Crippen LogP contribution < -0.4 is 20.7 Å². The first-order chi connectivity index (χ1) is 13.4. The molecule has 0 saturated carbocycles. The quantitative estimate of drug-likeness (QED) is 0.636. The smallest absolute Gasteiger partial charge is 0.349 e. The van der Waals surface area contributed by atoms with Gasteiger partial charge < -0.3 is 19.5 Å². The Kier molecular flexibility index (Phi) is 5.80. The van der Waals surface area contributed by atoms with Crippen molar-refractivity contribution in [2.24, 2.45) is 0 Å². The average Bonchev–Trinajstić information content (AvgIpc) is 2.67. The van der Waals surface area contributed by atoms with Gasteiger partial charge in [-0.1, -0.05) is 30.3 Å². The molecule has 1 heterocycles. The molecule has 0 aliphatic carbocycles. The second-order valence-corrected chi connectivity index (χ2v) is 7.31. The van der Waals surface area contributed by atoms with Crippen molar-refractivity contribution in [3.63, 3.8) is 0 Å². The molecule has 6 heteroatoms. The third kappa shape index (κ3) is 4.23. The van der Waals surface area contributed by atoms with Gasteiger partial charge in [0.05, 0.1) is 20.6 Å². The van der Waals surface area contributed by atoms with Gasteiger partial charge in [-0.15, -0.1) is 0 Å². The van der Waals surface area contributed by atoms with Gasteiger partial charge in [-0.25, -0.2) is 4.79 Å². The van der Waals surface area contributed by atoms with E-state index in [4.69, 9.17) is 4.42 Å². The number of rotatable bonds is 6. The van der Waals surface area contributed by atoms with Gasteiger partial charge in [-0.2, -0.15) is 0 Å². The van der Waals surface area contributed by atoms with Crippen LogP contribution in [0.15, 0.2) is 63.8 Å². The second kappa shape index (κ2) is 8.27.